The SMILES string of the molecule is COc1ccc(OCC2(CN)CCCN2)cc1. The van der Waals surface area contributed by atoms with Crippen LogP contribution in [0.5, 0.6) is 11.5 Å². The van der Waals surface area contributed by atoms with E-state index >= 15 is 0 Å². The topological polar surface area (TPSA) is 56.5 Å². The van der Waals surface area contributed by atoms with E-state index in [1.165, 1.54) is 6.42 Å². The van der Waals surface area contributed by atoms with Crippen LogP contribution in [0.3, 0.4) is 0 Å². The minimum Gasteiger partial charge on any atom is -0.497 e. The van der Waals surface area contributed by atoms with Crippen LogP contribution in [0, 0.1) is 0 Å². The van der Waals surface area contributed by atoms with Gasteiger partial charge in [-0.25, -0.2) is 0 Å². The van der Waals surface area contributed by atoms with Crippen LogP contribution in [-0.4, -0.2) is 32.3 Å². The van der Waals surface area contributed by atoms with Crippen LogP contribution in [0.15, 0.2) is 24.3 Å². The highest BCUT2D eigenvalue weighted by Crippen LogP contribution is 2.22. The van der Waals surface area contributed by atoms with Crippen molar-refractivity contribution in [3.8, 4) is 11.5 Å². The summed E-state index contributed by atoms with van der Waals surface area (Å²) < 4.78 is 10.9. The minimum absolute atomic E-state index is 0.0417. The molecule has 94 valence electrons. The van der Waals surface area contributed by atoms with Crippen LogP contribution in [0.1, 0.15) is 12.8 Å². The highest BCUT2D eigenvalue weighted by atomic mass is 16.5. The van der Waals surface area contributed by atoms with Crippen molar-refractivity contribution < 1.29 is 9.47 Å². The maximum absolute atomic E-state index is 5.82. The Balaban J connectivity index is 1.92. The average molecular weight is 236 g/mol. The molecule has 0 aliphatic carbocycles. The van der Waals surface area contributed by atoms with E-state index in [0.717, 1.165) is 24.5 Å². The molecule has 0 amide bonds. The van der Waals surface area contributed by atoms with Crippen molar-refractivity contribution in [2.24, 2.45) is 5.73 Å². The number of benzene rings is 1. The lowest BCUT2D eigenvalue weighted by Crippen LogP contribution is -2.51. The fourth-order valence-electron chi connectivity index (χ4n) is 2.12. The second kappa shape index (κ2) is 5.38. The van der Waals surface area contributed by atoms with E-state index in [2.05, 4.69) is 5.32 Å². The summed E-state index contributed by atoms with van der Waals surface area (Å²) in [6, 6.07) is 7.62. The summed E-state index contributed by atoms with van der Waals surface area (Å²) in [6.45, 7) is 2.27. The Bertz CT molecular complexity index is 345. The van der Waals surface area contributed by atoms with E-state index in [-0.39, 0.29) is 5.54 Å². The Morgan fingerprint density at radius 3 is 2.53 bits per heavy atom. The van der Waals surface area contributed by atoms with E-state index in [4.69, 9.17) is 15.2 Å². The van der Waals surface area contributed by atoms with Crippen molar-refractivity contribution in [1.29, 1.82) is 0 Å². The Labute approximate surface area is 102 Å². The van der Waals surface area contributed by atoms with Gasteiger partial charge in [-0.15, -0.1) is 0 Å². The van der Waals surface area contributed by atoms with Gasteiger partial charge in [-0.3, -0.25) is 0 Å². The molecule has 1 aromatic rings. The predicted molar refractivity (Wildman–Crippen MR) is 67.5 cm³/mol. The number of hydrogen-bond donors (Lipinski definition) is 2. The van der Waals surface area contributed by atoms with E-state index < -0.39 is 0 Å². The molecule has 0 spiro atoms. The first-order chi connectivity index (χ1) is 8.28. The Morgan fingerprint density at radius 2 is 2.00 bits per heavy atom. The number of nitrogens with one attached hydrogen (secondary N) is 1. The van der Waals surface area contributed by atoms with Crippen LogP contribution >= 0.6 is 0 Å². The Morgan fingerprint density at radius 1 is 1.29 bits per heavy atom. The number of nitrogens with two attached hydrogens (primary N) is 1. The van der Waals surface area contributed by atoms with E-state index in [0.29, 0.717) is 13.2 Å². The first kappa shape index (κ1) is 12.2. The molecular weight excluding hydrogens is 216 g/mol. The van der Waals surface area contributed by atoms with Gasteiger partial charge < -0.3 is 20.5 Å². The summed E-state index contributed by atoms with van der Waals surface area (Å²) in [7, 11) is 1.65. The zero-order valence-electron chi connectivity index (χ0n) is 10.2. The molecule has 1 saturated heterocycles. The molecule has 17 heavy (non-hydrogen) atoms. The molecule has 0 bridgehead atoms. The standard InChI is InChI=1S/C13H20N2O2/c1-16-11-3-5-12(6-4-11)17-10-13(9-14)7-2-8-15-13/h3-6,15H,2,7-10,14H2,1H3. The molecule has 1 aromatic carbocycles. The monoisotopic (exact) mass is 236 g/mol. The Hall–Kier alpha value is -1.26. The summed E-state index contributed by atoms with van der Waals surface area (Å²) in [5, 5.41) is 3.44. The van der Waals surface area contributed by atoms with Crippen LogP contribution in [0.4, 0.5) is 0 Å². The van der Waals surface area contributed by atoms with Gasteiger partial charge in [-0.2, -0.15) is 0 Å². The van der Waals surface area contributed by atoms with Crippen molar-refractivity contribution in [1.82, 2.24) is 5.32 Å². The fourth-order valence-corrected chi connectivity index (χ4v) is 2.12. The summed E-state index contributed by atoms with van der Waals surface area (Å²) >= 11 is 0. The van der Waals surface area contributed by atoms with Gasteiger partial charge >= 0.3 is 0 Å². The largest absolute Gasteiger partial charge is 0.497 e. The molecule has 1 unspecified atom stereocenters. The van der Waals surface area contributed by atoms with Gasteiger partial charge in [0.15, 0.2) is 0 Å². The molecule has 4 heteroatoms. The number of rotatable bonds is 5. The lowest BCUT2D eigenvalue weighted by atomic mass is 9.99. The summed E-state index contributed by atoms with van der Waals surface area (Å²) in [5.41, 5.74) is 5.77. The maximum atomic E-state index is 5.82. The number of ether oxygens (including phenoxy) is 2. The molecular formula is C13H20N2O2. The van der Waals surface area contributed by atoms with Gasteiger partial charge in [-0.05, 0) is 43.7 Å². The zero-order chi connectivity index (χ0) is 12.1. The van der Waals surface area contributed by atoms with Gasteiger partial charge in [-0.1, -0.05) is 0 Å². The smallest absolute Gasteiger partial charge is 0.119 e. The summed E-state index contributed by atoms with van der Waals surface area (Å²) in [6.07, 6.45) is 2.25. The minimum atomic E-state index is -0.0417. The quantitative estimate of drug-likeness (QED) is 0.805. The van der Waals surface area contributed by atoms with Crippen molar-refractivity contribution >= 4 is 0 Å². The summed E-state index contributed by atoms with van der Waals surface area (Å²) in [4.78, 5) is 0. The molecule has 3 N–H and O–H groups in total. The van der Waals surface area contributed by atoms with Gasteiger partial charge in [0.25, 0.3) is 0 Å². The molecule has 4 nitrogen and oxygen atoms in total. The average Bonchev–Trinajstić information content (AvgIpc) is 2.86. The molecule has 1 heterocycles. The van der Waals surface area contributed by atoms with Gasteiger partial charge in [0.1, 0.15) is 18.1 Å². The Kier molecular flexibility index (Phi) is 3.86. The highest BCUT2D eigenvalue weighted by molar-refractivity contribution is 5.31. The molecule has 2 rings (SSSR count). The fraction of sp³-hybridized carbons (Fsp3) is 0.538. The predicted octanol–water partition coefficient (Wildman–Crippen LogP) is 1.15. The zero-order valence-corrected chi connectivity index (χ0v) is 10.2. The first-order valence-electron chi connectivity index (χ1n) is 6.00. The van der Waals surface area contributed by atoms with Crippen molar-refractivity contribution in [3.63, 3.8) is 0 Å². The molecule has 1 atom stereocenters. The van der Waals surface area contributed by atoms with Crippen LogP contribution in [0.2, 0.25) is 0 Å². The maximum Gasteiger partial charge on any atom is 0.119 e. The van der Waals surface area contributed by atoms with Crippen LogP contribution in [-0.2, 0) is 0 Å². The number of methoxy groups -OCH3 is 1. The van der Waals surface area contributed by atoms with Crippen molar-refractivity contribution in [2.45, 2.75) is 18.4 Å². The molecule has 1 aliphatic rings. The van der Waals surface area contributed by atoms with Crippen LogP contribution in [0.25, 0.3) is 0 Å². The second-order valence-electron chi connectivity index (χ2n) is 4.48. The number of hydrogen-bond acceptors (Lipinski definition) is 4. The molecule has 1 fully saturated rings. The highest BCUT2D eigenvalue weighted by Gasteiger charge is 2.32. The molecule has 0 aromatic heterocycles. The molecule has 1 aliphatic heterocycles. The van der Waals surface area contributed by atoms with Gasteiger partial charge in [0.05, 0.1) is 12.6 Å². The van der Waals surface area contributed by atoms with Gasteiger partial charge in [0.2, 0.25) is 0 Å². The third-order valence-corrected chi connectivity index (χ3v) is 3.30. The third-order valence-electron chi connectivity index (χ3n) is 3.30. The van der Waals surface area contributed by atoms with Gasteiger partial charge in [0, 0.05) is 6.54 Å². The van der Waals surface area contributed by atoms with Crippen molar-refractivity contribution in [3.05, 3.63) is 24.3 Å². The normalized spacial score (nSPS) is 23.6. The van der Waals surface area contributed by atoms with E-state index in [9.17, 15) is 0 Å². The van der Waals surface area contributed by atoms with E-state index in [1.807, 2.05) is 24.3 Å². The van der Waals surface area contributed by atoms with E-state index in [1.54, 1.807) is 7.11 Å². The lowest BCUT2D eigenvalue weighted by molar-refractivity contribution is 0.203. The third kappa shape index (κ3) is 2.90. The van der Waals surface area contributed by atoms with Crippen molar-refractivity contribution in [2.75, 3.05) is 26.8 Å². The molecule has 0 radical (unpaired) electrons. The molecule has 0 saturated carbocycles. The lowest BCUT2D eigenvalue weighted by Gasteiger charge is -2.27. The first-order valence-corrected chi connectivity index (χ1v) is 6.00. The van der Waals surface area contributed by atoms with Crippen LogP contribution < -0.4 is 20.5 Å². The summed E-state index contributed by atoms with van der Waals surface area (Å²) in [5.74, 6) is 1.69. The second-order valence-corrected chi connectivity index (χ2v) is 4.48.